The maximum atomic E-state index is 12.8. The first-order valence-electron chi connectivity index (χ1n) is 8.57. The number of halogens is 3. The Morgan fingerprint density at radius 1 is 0.966 bits per heavy atom. The summed E-state index contributed by atoms with van der Waals surface area (Å²) in [5, 5.41) is 15.2. The maximum Gasteiger partial charge on any atom is 0.416 e. The summed E-state index contributed by atoms with van der Waals surface area (Å²) < 4.78 is 38.3. The number of anilines is 1. The van der Waals surface area contributed by atoms with Gasteiger partial charge in [0, 0.05) is 6.07 Å². The zero-order valence-electron chi connectivity index (χ0n) is 15.3. The van der Waals surface area contributed by atoms with Crippen LogP contribution in [0.3, 0.4) is 0 Å². The Hall–Kier alpha value is -3.68. The predicted molar refractivity (Wildman–Crippen MR) is 106 cm³/mol. The lowest BCUT2D eigenvalue weighted by atomic mass is 10.0. The number of nitrogens with zero attached hydrogens (tertiary/aromatic N) is 2. The monoisotopic (exact) mass is 399 g/mol. The van der Waals surface area contributed by atoms with Gasteiger partial charge in [0.15, 0.2) is 0 Å². The average molecular weight is 399 g/mol. The molecule has 0 aliphatic carbocycles. The molecule has 148 valence electrons. The maximum absolute atomic E-state index is 12.8. The number of nitrogens with one attached hydrogen (secondary N) is 1. The van der Waals surface area contributed by atoms with Crippen LogP contribution in [0.1, 0.15) is 18.1 Å². The Morgan fingerprint density at radius 3 is 2.17 bits per heavy atom. The second-order valence-corrected chi connectivity index (χ2v) is 6.24. The number of alkyl halides is 3. The van der Waals surface area contributed by atoms with Crippen molar-refractivity contribution >= 4 is 17.1 Å². The van der Waals surface area contributed by atoms with Gasteiger partial charge in [0.1, 0.15) is 5.69 Å². The van der Waals surface area contributed by atoms with E-state index in [1.165, 1.54) is 0 Å². The molecule has 0 saturated heterocycles. The van der Waals surface area contributed by atoms with Crippen molar-refractivity contribution in [2.45, 2.75) is 13.1 Å². The fourth-order valence-electron chi connectivity index (χ4n) is 2.70. The van der Waals surface area contributed by atoms with Gasteiger partial charge in [-0.15, -0.1) is 0 Å². The quantitative estimate of drug-likeness (QED) is 0.319. The minimum atomic E-state index is -4.66. The van der Waals surface area contributed by atoms with Gasteiger partial charge in [-0.3, -0.25) is 15.5 Å². The summed E-state index contributed by atoms with van der Waals surface area (Å²) in [6.07, 6.45) is -4.66. The summed E-state index contributed by atoms with van der Waals surface area (Å²) in [6, 6.07) is 19.6. The Balaban J connectivity index is 1.81. The second-order valence-electron chi connectivity index (χ2n) is 6.24. The van der Waals surface area contributed by atoms with Crippen LogP contribution in [0.5, 0.6) is 0 Å². The lowest BCUT2D eigenvalue weighted by molar-refractivity contribution is -0.384. The summed E-state index contributed by atoms with van der Waals surface area (Å²) in [7, 11) is 0. The number of nitro benzene ring substituents is 1. The molecule has 8 heteroatoms. The van der Waals surface area contributed by atoms with Gasteiger partial charge in [-0.25, -0.2) is 0 Å². The predicted octanol–water partition coefficient (Wildman–Crippen LogP) is 6.12. The third kappa shape index (κ3) is 4.78. The van der Waals surface area contributed by atoms with Gasteiger partial charge in [0.05, 0.1) is 16.2 Å². The summed E-state index contributed by atoms with van der Waals surface area (Å²) in [5.41, 5.74) is 3.97. The minimum Gasteiger partial charge on any atom is -0.271 e. The van der Waals surface area contributed by atoms with Crippen LogP contribution < -0.4 is 5.43 Å². The number of hydrazone groups is 1. The van der Waals surface area contributed by atoms with Gasteiger partial charge in [0.25, 0.3) is 5.69 Å². The van der Waals surface area contributed by atoms with E-state index in [1.54, 1.807) is 6.92 Å². The first-order chi connectivity index (χ1) is 13.8. The van der Waals surface area contributed by atoms with Crippen molar-refractivity contribution < 1.29 is 18.1 Å². The van der Waals surface area contributed by atoms with Gasteiger partial charge in [-0.05, 0) is 35.7 Å². The Kier molecular flexibility index (Phi) is 5.63. The molecule has 5 nitrogen and oxygen atoms in total. The normalized spacial score (nSPS) is 11.9. The van der Waals surface area contributed by atoms with E-state index in [9.17, 15) is 23.3 Å². The molecule has 0 fully saturated rings. The van der Waals surface area contributed by atoms with Gasteiger partial charge < -0.3 is 0 Å². The molecule has 0 heterocycles. The molecule has 0 atom stereocenters. The van der Waals surface area contributed by atoms with E-state index in [1.807, 2.05) is 54.6 Å². The first kappa shape index (κ1) is 20.1. The SMILES string of the molecule is CC(=NNc1ccc(C(F)(F)F)cc1[N+](=O)[O-])c1ccc(-c2ccccc2)cc1. The summed E-state index contributed by atoms with van der Waals surface area (Å²) in [6.45, 7) is 1.69. The first-order valence-corrected chi connectivity index (χ1v) is 8.57. The molecule has 0 aliphatic rings. The molecule has 29 heavy (non-hydrogen) atoms. The van der Waals surface area contributed by atoms with Crippen LogP contribution in [-0.4, -0.2) is 10.6 Å². The Morgan fingerprint density at radius 2 is 1.59 bits per heavy atom. The van der Waals surface area contributed by atoms with Crippen molar-refractivity contribution in [3.63, 3.8) is 0 Å². The molecular formula is C21H16F3N3O2. The van der Waals surface area contributed by atoms with Crippen LogP contribution in [0.2, 0.25) is 0 Å². The third-order valence-electron chi connectivity index (χ3n) is 4.28. The van der Waals surface area contributed by atoms with E-state index in [4.69, 9.17) is 0 Å². The smallest absolute Gasteiger partial charge is 0.271 e. The number of hydrogen-bond donors (Lipinski definition) is 1. The van der Waals surface area contributed by atoms with E-state index < -0.39 is 22.4 Å². The Labute approximate surface area is 164 Å². The fourth-order valence-corrected chi connectivity index (χ4v) is 2.70. The molecule has 3 aromatic carbocycles. The highest BCUT2D eigenvalue weighted by atomic mass is 19.4. The second kappa shape index (κ2) is 8.14. The van der Waals surface area contributed by atoms with Crippen molar-refractivity contribution in [1.82, 2.24) is 0 Å². The topological polar surface area (TPSA) is 67.5 Å². The van der Waals surface area contributed by atoms with Gasteiger partial charge in [-0.1, -0.05) is 54.6 Å². The number of hydrogen-bond acceptors (Lipinski definition) is 4. The Bertz CT molecular complexity index is 1050. The standard InChI is InChI=1S/C21H16F3N3O2/c1-14(15-7-9-17(10-8-15)16-5-3-2-4-6-16)25-26-19-12-11-18(21(22,23)24)13-20(19)27(28)29/h2-13,26H,1H3. The van der Waals surface area contributed by atoms with Gasteiger partial charge in [0.2, 0.25) is 0 Å². The van der Waals surface area contributed by atoms with Gasteiger partial charge >= 0.3 is 6.18 Å². The molecule has 0 saturated carbocycles. The molecule has 0 spiro atoms. The van der Waals surface area contributed by atoms with Crippen LogP contribution in [0.15, 0.2) is 77.9 Å². The van der Waals surface area contributed by atoms with Crippen molar-refractivity contribution in [1.29, 1.82) is 0 Å². The third-order valence-corrected chi connectivity index (χ3v) is 4.28. The van der Waals surface area contributed by atoms with Crippen LogP contribution in [0, 0.1) is 10.1 Å². The number of benzene rings is 3. The van der Waals surface area contributed by atoms with Crippen molar-refractivity contribution in [2.75, 3.05) is 5.43 Å². The van der Waals surface area contributed by atoms with Crippen molar-refractivity contribution in [2.24, 2.45) is 5.10 Å². The van der Waals surface area contributed by atoms with Crippen LogP contribution in [-0.2, 0) is 6.18 Å². The fraction of sp³-hybridized carbons (Fsp3) is 0.0952. The summed E-state index contributed by atoms with van der Waals surface area (Å²) in [5.74, 6) is 0. The molecule has 0 unspecified atom stereocenters. The van der Waals surface area contributed by atoms with Crippen LogP contribution >= 0.6 is 0 Å². The summed E-state index contributed by atoms with van der Waals surface area (Å²) >= 11 is 0. The summed E-state index contributed by atoms with van der Waals surface area (Å²) in [4.78, 5) is 10.3. The van der Waals surface area contributed by atoms with Crippen molar-refractivity contribution in [3.8, 4) is 11.1 Å². The largest absolute Gasteiger partial charge is 0.416 e. The van der Waals surface area contributed by atoms with Crippen molar-refractivity contribution in [3.05, 3.63) is 94.0 Å². The van der Waals surface area contributed by atoms with Crippen LogP contribution in [0.25, 0.3) is 11.1 Å². The van der Waals surface area contributed by atoms with E-state index >= 15 is 0 Å². The van der Waals surface area contributed by atoms with Gasteiger partial charge in [-0.2, -0.15) is 18.3 Å². The zero-order valence-corrected chi connectivity index (χ0v) is 15.3. The highest BCUT2D eigenvalue weighted by Crippen LogP contribution is 2.35. The highest BCUT2D eigenvalue weighted by molar-refractivity contribution is 5.99. The number of rotatable bonds is 5. The molecular weight excluding hydrogens is 383 g/mol. The molecule has 0 bridgehead atoms. The molecule has 3 rings (SSSR count). The molecule has 0 radical (unpaired) electrons. The molecule has 0 amide bonds. The van der Waals surface area contributed by atoms with E-state index in [-0.39, 0.29) is 5.69 Å². The molecule has 1 N–H and O–H groups in total. The molecule has 0 aromatic heterocycles. The lowest BCUT2D eigenvalue weighted by Gasteiger charge is -2.09. The lowest BCUT2D eigenvalue weighted by Crippen LogP contribution is -2.07. The average Bonchev–Trinajstić information content (AvgIpc) is 2.72. The minimum absolute atomic E-state index is 0.122. The zero-order chi connectivity index (χ0) is 21.0. The molecule has 0 aliphatic heterocycles. The van der Waals surface area contributed by atoms with E-state index in [0.717, 1.165) is 28.8 Å². The molecule has 3 aromatic rings. The highest BCUT2D eigenvalue weighted by Gasteiger charge is 2.33. The van der Waals surface area contributed by atoms with E-state index in [2.05, 4.69) is 10.5 Å². The van der Waals surface area contributed by atoms with Crippen LogP contribution in [0.4, 0.5) is 24.5 Å². The number of nitro groups is 1. The van der Waals surface area contributed by atoms with E-state index in [0.29, 0.717) is 11.8 Å².